The molecule has 1 aromatic rings. The fourth-order valence-electron chi connectivity index (χ4n) is 2.00. The van der Waals surface area contributed by atoms with Crippen molar-refractivity contribution < 1.29 is 14.7 Å². The summed E-state index contributed by atoms with van der Waals surface area (Å²) in [5.41, 5.74) is 0.509. The molecular weight excluding hydrogens is 365 g/mol. The van der Waals surface area contributed by atoms with Crippen LogP contribution in [0.3, 0.4) is 0 Å². The van der Waals surface area contributed by atoms with E-state index in [4.69, 9.17) is 35.4 Å². The van der Waals surface area contributed by atoms with Gasteiger partial charge in [-0.15, -0.1) is 0 Å². The van der Waals surface area contributed by atoms with E-state index in [1.54, 1.807) is 31.2 Å². The standard InChI is InChI=1S/C14H11Cl2NO3S2/c1-2-10(13(19)20)17-12(18)11(22-14(17)21)6-7-8(15)4-3-5-9(7)16/h3-6,10H,2H2,1H3,(H,19,20). The summed E-state index contributed by atoms with van der Waals surface area (Å²) in [6, 6.07) is 4.04. The molecule has 1 amide bonds. The van der Waals surface area contributed by atoms with Gasteiger partial charge in [0.1, 0.15) is 10.4 Å². The van der Waals surface area contributed by atoms with Gasteiger partial charge in [-0.3, -0.25) is 9.69 Å². The quantitative estimate of drug-likeness (QED) is 0.635. The van der Waals surface area contributed by atoms with Crippen molar-refractivity contribution in [3.8, 4) is 0 Å². The number of halogens is 2. The number of amides is 1. The van der Waals surface area contributed by atoms with Crippen LogP contribution in [-0.2, 0) is 9.59 Å². The van der Waals surface area contributed by atoms with Gasteiger partial charge in [0.15, 0.2) is 0 Å². The average Bonchev–Trinajstić information content (AvgIpc) is 2.71. The summed E-state index contributed by atoms with van der Waals surface area (Å²) in [5, 5.41) is 10.0. The monoisotopic (exact) mass is 375 g/mol. The van der Waals surface area contributed by atoms with Gasteiger partial charge in [0.05, 0.1) is 4.91 Å². The molecule has 4 nitrogen and oxygen atoms in total. The highest BCUT2D eigenvalue weighted by Gasteiger charge is 2.39. The molecule has 1 atom stereocenters. The van der Waals surface area contributed by atoms with Crippen LogP contribution < -0.4 is 0 Å². The second kappa shape index (κ2) is 7.00. The number of carbonyl (C=O) groups excluding carboxylic acids is 1. The number of thiocarbonyl (C=S) groups is 1. The number of aliphatic carboxylic acids is 1. The van der Waals surface area contributed by atoms with E-state index >= 15 is 0 Å². The maximum Gasteiger partial charge on any atom is 0.326 e. The van der Waals surface area contributed by atoms with Crippen molar-refractivity contribution in [2.75, 3.05) is 0 Å². The molecule has 1 heterocycles. The molecule has 1 aromatic carbocycles. The van der Waals surface area contributed by atoms with Crippen molar-refractivity contribution in [2.45, 2.75) is 19.4 Å². The van der Waals surface area contributed by atoms with Gasteiger partial charge >= 0.3 is 5.97 Å². The van der Waals surface area contributed by atoms with E-state index in [0.717, 1.165) is 16.7 Å². The van der Waals surface area contributed by atoms with E-state index < -0.39 is 17.9 Å². The summed E-state index contributed by atoms with van der Waals surface area (Å²) in [7, 11) is 0. The van der Waals surface area contributed by atoms with Crippen LogP contribution in [0, 0.1) is 0 Å². The molecule has 1 aliphatic heterocycles. The lowest BCUT2D eigenvalue weighted by atomic mass is 10.1. The first-order valence-electron chi connectivity index (χ1n) is 6.30. The fourth-order valence-corrected chi connectivity index (χ4v) is 3.84. The molecule has 0 aliphatic carbocycles. The molecule has 0 aromatic heterocycles. The smallest absolute Gasteiger partial charge is 0.326 e. The Morgan fingerprint density at radius 1 is 1.45 bits per heavy atom. The summed E-state index contributed by atoms with van der Waals surface area (Å²) < 4.78 is 0.216. The zero-order valence-electron chi connectivity index (χ0n) is 11.4. The maximum absolute atomic E-state index is 12.4. The molecule has 0 radical (unpaired) electrons. The normalized spacial score (nSPS) is 18.1. The van der Waals surface area contributed by atoms with Crippen LogP contribution in [-0.4, -0.2) is 32.2 Å². The molecule has 8 heteroatoms. The molecule has 1 saturated heterocycles. The molecule has 0 saturated carbocycles. The van der Waals surface area contributed by atoms with Gasteiger partial charge in [0, 0.05) is 15.6 Å². The molecule has 22 heavy (non-hydrogen) atoms. The van der Waals surface area contributed by atoms with Gasteiger partial charge in [-0.1, -0.05) is 60.2 Å². The van der Waals surface area contributed by atoms with E-state index in [-0.39, 0.29) is 10.7 Å². The van der Waals surface area contributed by atoms with E-state index in [1.807, 2.05) is 0 Å². The molecule has 1 aliphatic rings. The van der Waals surface area contributed by atoms with Gasteiger partial charge in [0.2, 0.25) is 0 Å². The minimum absolute atomic E-state index is 0.216. The van der Waals surface area contributed by atoms with Gasteiger partial charge in [-0.05, 0) is 24.6 Å². The SMILES string of the molecule is CCC(C(=O)O)N1C(=O)C(=Cc2c(Cl)cccc2Cl)SC1=S. The highest BCUT2D eigenvalue weighted by Crippen LogP contribution is 2.37. The highest BCUT2D eigenvalue weighted by molar-refractivity contribution is 8.26. The second-order valence-electron chi connectivity index (χ2n) is 4.45. The third-order valence-corrected chi connectivity index (χ3v) is 5.07. The summed E-state index contributed by atoms with van der Waals surface area (Å²) >= 11 is 18.3. The fraction of sp³-hybridized carbons (Fsp3) is 0.214. The van der Waals surface area contributed by atoms with Crippen molar-refractivity contribution in [1.82, 2.24) is 4.90 Å². The Morgan fingerprint density at radius 2 is 2.05 bits per heavy atom. The van der Waals surface area contributed by atoms with Crippen molar-refractivity contribution in [2.24, 2.45) is 0 Å². The Labute approximate surface area is 147 Å². The molecule has 1 unspecified atom stereocenters. The number of benzene rings is 1. The van der Waals surface area contributed by atoms with E-state index in [0.29, 0.717) is 20.5 Å². The number of carboxylic acids is 1. The maximum atomic E-state index is 12.4. The predicted octanol–water partition coefficient (Wildman–Crippen LogP) is 4.06. The Hall–Kier alpha value is -1.08. The zero-order valence-corrected chi connectivity index (χ0v) is 14.5. The topological polar surface area (TPSA) is 57.6 Å². The van der Waals surface area contributed by atoms with Crippen molar-refractivity contribution in [3.05, 3.63) is 38.7 Å². The van der Waals surface area contributed by atoms with Crippen LogP contribution in [0.15, 0.2) is 23.1 Å². The van der Waals surface area contributed by atoms with Crippen LogP contribution in [0.4, 0.5) is 0 Å². The Bertz CT molecular complexity index is 670. The number of rotatable bonds is 4. The van der Waals surface area contributed by atoms with Gasteiger partial charge in [-0.25, -0.2) is 4.79 Å². The lowest BCUT2D eigenvalue weighted by Crippen LogP contribution is -2.43. The largest absolute Gasteiger partial charge is 0.480 e. The molecule has 1 fully saturated rings. The van der Waals surface area contributed by atoms with E-state index in [2.05, 4.69) is 0 Å². The van der Waals surface area contributed by atoms with Crippen LogP contribution in [0.25, 0.3) is 6.08 Å². The van der Waals surface area contributed by atoms with Gasteiger partial charge in [-0.2, -0.15) is 0 Å². The number of hydrogen-bond acceptors (Lipinski definition) is 4. The van der Waals surface area contributed by atoms with E-state index in [9.17, 15) is 14.7 Å². The van der Waals surface area contributed by atoms with Crippen LogP contribution >= 0.6 is 47.2 Å². The summed E-state index contributed by atoms with van der Waals surface area (Å²) in [6.07, 6.45) is 1.81. The summed E-state index contributed by atoms with van der Waals surface area (Å²) in [4.78, 5) is 25.1. The van der Waals surface area contributed by atoms with Crippen molar-refractivity contribution >= 4 is 69.5 Å². The molecule has 116 valence electrons. The third-order valence-electron chi connectivity index (χ3n) is 3.08. The molecule has 1 N–H and O–H groups in total. The lowest BCUT2D eigenvalue weighted by Gasteiger charge is -2.21. The minimum Gasteiger partial charge on any atom is -0.480 e. The van der Waals surface area contributed by atoms with E-state index in [1.165, 1.54) is 0 Å². The Morgan fingerprint density at radius 3 is 2.55 bits per heavy atom. The van der Waals surface area contributed by atoms with Crippen LogP contribution in [0.1, 0.15) is 18.9 Å². The second-order valence-corrected chi connectivity index (χ2v) is 6.94. The number of nitrogens with zero attached hydrogens (tertiary/aromatic N) is 1. The third kappa shape index (κ3) is 3.30. The summed E-state index contributed by atoms with van der Waals surface area (Å²) in [5.74, 6) is -1.53. The first kappa shape index (κ1) is 17.3. The number of hydrogen-bond donors (Lipinski definition) is 1. The number of carboxylic acid groups (broad SMARTS) is 1. The van der Waals surface area contributed by atoms with Gasteiger partial charge in [0.25, 0.3) is 5.91 Å². The lowest BCUT2D eigenvalue weighted by molar-refractivity contribution is -0.145. The predicted molar refractivity (Wildman–Crippen MR) is 93.2 cm³/mol. The van der Waals surface area contributed by atoms with Crippen LogP contribution in [0.5, 0.6) is 0 Å². The summed E-state index contributed by atoms with van der Waals surface area (Å²) in [6.45, 7) is 1.69. The Balaban J connectivity index is 2.40. The van der Waals surface area contributed by atoms with Crippen molar-refractivity contribution in [3.63, 3.8) is 0 Å². The first-order chi connectivity index (χ1) is 10.4. The molecular formula is C14H11Cl2NO3S2. The molecule has 0 spiro atoms. The minimum atomic E-state index is -1.09. The highest BCUT2D eigenvalue weighted by atomic mass is 35.5. The number of thioether (sulfide) groups is 1. The molecule has 2 rings (SSSR count). The van der Waals surface area contributed by atoms with Gasteiger partial charge < -0.3 is 5.11 Å². The average molecular weight is 376 g/mol. The van der Waals surface area contributed by atoms with Crippen molar-refractivity contribution in [1.29, 1.82) is 0 Å². The number of carbonyl (C=O) groups is 2. The molecule has 0 bridgehead atoms. The first-order valence-corrected chi connectivity index (χ1v) is 8.28. The zero-order chi connectivity index (χ0) is 16.4. The van der Waals surface area contributed by atoms with Crippen LogP contribution in [0.2, 0.25) is 10.0 Å². The Kier molecular flexibility index (Phi) is 5.50.